The summed E-state index contributed by atoms with van der Waals surface area (Å²) >= 11 is 0. The minimum absolute atomic E-state index is 0.117. The van der Waals surface area contributed by atoms with Crippen LogP contribution in [0.3, 0.4) is 0 Å². The van der Waals surface area contributed by atoms with Crippen LogP contribution in [0.4, 0.5) is 0 Å². The number of nitrogens with zero attached hydrogens (tertiary/aromatic N) is 1. The van der Waals surface area contributed by atoms with Crippen LogP contribution in [0, 0.1) is 0 Å². The summed E-state index contributed by atoms with van der Waals surface area (Å²) in [4.78, 5) is 13.8. The zero-order valence-corrected chi connectivity index (χ0v) is 12.2. The fraction of sp³-hybridized carbons (Fsp3) is 0.923. The molecule has 4 nitrogen and oxygen atoms in total. The lowest BCUT2D eigenvalue weighted by atomic mass is 10.2. The van der Waals surface area contributed by atoms with Crippen LogP contribution in [0.2, 0.25) is 0 Å². The third-order valence-corrected chi connectivity index (χ3v) is 2.53. The molecule has 0 aliphatic rings. The zero-order valence-electron chi connectivity index (χ0n) is 12.2. The molecule has 0 aromatic rings. The molecule has 0 aromatic carbocycles. The maximum absolute atomic E-state index is 11.9. The Kier molecular flexibility index (Phi) is 7.39. The van der Waals surface area contributed by atoms with Gasteiger partial charge in [-0.3, -0.25) is 4.79 Å². The van der Waals surface area contributed by atoms with Gasteiger partial charge in [-0.05, 0) is 41.5 Å². The maximum Gasteiger partial charge on any atom is 0.239 e. The van der Waals surface area contributed by atoms with Crippen molar-refractivity contribution in [2.45, 2.75) is 53.2 Å². The third-order valence-electron chi connectivity index (χ3n) is 2.53. The molecule has 102 valence electrons. The molecular formula is C13H28N2O2. The van der Waals surface area contributed by atoms with E-state index in [4.69, 9.17) is 4.74 Å². The van der Waals surface area contributed by atoms with E-state index < -0.39 is 0 Å². The van der Waals surface area contributed by atoms with Crippen LogP contribution in [0.15, 0.2) is 0 Å². The molecule has 0 fully saturated rings. The molecule has 0 radical (unpaired) electrons. The Labute approximate surface area is 106 Å². The number of nitrogens with one attached hydrogen (secondary N) is 1. The predicted octanol–water partition coefficient (Wildman–Crippen LogP) is 1.65. The van der Waals surface area contributed by atoms with E-state index in [1.165, 1.54) is 0 Å². The fourth-order valence-corrected chi connectivity index (χ4v) is 1.53. The predicted molar refractivity (Wildman–Crippen MR) is 71.1 cm³/mol. The first kappa shape index (κ1) is 16.4. The molecule has 0 aliphatic carbocycles. The highest BCUT2D eigenvalue weighted by Crippen LogP contribution is 2.05. The van der Waals surface area contributed by atoms with E-state index in [1.54, 1.807) is 0 Å². The van der Waals surface area contributed by atoms with Gasteiger partial charge in [-0.15, -0.1) is 0 Å². The van der Waals surface area contributed by atoms with Crippen molar-refractivity contribution in [1.82, 2.24) is 10.2 Å². The van der Waals surface area contributed by atoms with Crippen molar-refractivity contribution in [1.29, 1.82) is 0 Å². The molecule has 0 saturated heterocycles. The first-order valence-electron chi connectivity index (χ1n) is 6.48. The minimum atomic E-state index is -0.140. The number of carbonyl (C=O) groups is 1. The monoisotopic (exact) mass is 244 g/mol. The van der Waals surface area contributed by atoms with Gasteiger partial charge in [0.15, 0.2) is 0 Å². The van der Waals surface area contributed by atoms with Gasteiger partial charge in [-0.1, -0.05) is 0 Å². The number of hydrogen-bond donors (Lipinski definition) is 1. The van der Waals surface area contributed by atoms with E-state index in [2.05, 4.69) is 5.32 Å². The molecule has 0 spiro atoms. The molecular weight excluding hydrogens is 216 g/mol. The van der Waals surface area contributed by atoms with Gasteiger partial charge < -0.3 is 15.0 Å². The number of likely N-dealkylation sites (N-methyl/N-ethyl adjacent to an activating group) is 1. The molecule has 17 heavy (non-hydrogen) atoms. The molecule has 0 bridgehead atoms. The van der Waals surface area contributed by atoms with Crippen LogP contribution in [-0.4, -0.2) is 48.7 Å². The Morgan fingerprint density at radius 2 is 1.82 bits per heavy atom. The number of rotatable bonds is 7. The summed E-state index contributed by atoms with van der Waals surface area (Å²) in [6.45, 7) is 14.8. The van der Waals surface area contributed by atoms with Crippen molar-refractivity contribution in [3.8, 4) is 0 Å². The summed E-state index contributed by atoms with van der Waals surface area (Å²) in [7, 11) is 0. The molecule has 0 aromatic heterocycles. The molecule has 0 rings (SSSR count). The minimum Gasteiger partial charge on any atom is -0.375 e. The lowest BCUT2D eigenvalue weighted by Crippen LogP contribution is -2.45. The molecule has 0 saturated carbocycles. The smallest absolute Gasteiger partial charge is 0.239 e. The average Bonchev–Trinajstić information content (AvgIpc) is 2.24. The standard InChI is InChI=1S/C13H28N2O2/c1-7-15(8-2)12(16)11(3)14-9-10-17-13(4,5)6/h11,14H,7-10H2,1-6H3. The van der Waals surface area contributed by atoms with Crippen LogP contribution >= 0.6 is 0 Å². The van der Waals surface area contributed by atoms with Crippen molar-refractivity contribution in [3.63, 3.8) is 0 Å². The van der Waals surface area contributed by atoms with E-state index >= 15 is 0 Å². The van der Waals surface area contributed by atoms with Crippen molar-refractivity contribution >= 4 is 5.91 Å². The molecule has 1 amide bonds. The van der Waals surface area contributed by atoms with Crippen molar-refractivity contribution in [3.05, 3.63) is 0 Å². The molecule has 0 aliphatic heterocycles. The lowest BCUT2D eigenvalue weighted by Gasteiger charge is -2.24. The molecule has 1 N–H and O–H groups in total. The van der Waals surface area contributed by atoms with E-state index in [0.29, 0.717) is 13.2 Å². The second kappa shape index (κ2) is 7.67. The Balaban J connectivity index is 3.86. The molecule has 4 heteroatoms. The van der Waals surface area contributed by atoms with Gasteiger partial charge in [0.1, 0.15) is 0 Å². The fourth-order valence-electron chi connectivity index (χ4n) is 1.53. The Hall–Kier alpha value is -0.610. The van der Waals surface area contributed by atoms with Crippen LogP contribution in [0.1, 0.15) is 41.5 Å². The van der Waals surface area contributed by atoms with Gasteiger partial charge in [0.05, 0.1) is 18.2 Å². The SMILES string of the molecule is CCN(CC)C(=O)C(C)NCCOC(C)(C)C. The van der Waals surface area contributed by atoms with Crippen LogP contribution in [-0.2, 0) is 9.53 Å². The molecule has 0 heterocycles. The summed E-state index contributed by atoms with van der Waals surface area (Å²) in [6, 6.07) is -0.140. The topological polar surface area (TPSA) is 41.6 Å². The largest absolute Gasteiger partial charge is 0.375 e. The van der Waals surface area contributed by atoms with Crippen molar-refractivity contribution < 1.29 is 9.53 Å². The third kappa shape index (κ3) is 7.34. The Morgan fingerprint density at radius 1 is 1.29 bits per heavy atom. The van der Waals surface area contributed by atoms with E-state index in [1.807, 2.05) is 46.4 Å². The number of amides is 1. The van der Waals surface area contributed by atoms with Crippen LogP contribution < -0.4 is 5.32 Å². The van der Waals surface area contributed by atoms with E-state index in [9.17, 15) is 4.79 Å². The number of carbonyl (C=O) groups excluding carboxylic acids is 1. The highest BCUT2D eigenvalue weighted by molar-refractivity contribution is 5.81. The summed E-state index contributed by atoms with van der Waals surface area (Å²) in [5, 5.41) is 3.19. The average molecular weight is 244 g/mol. The van der Waals surface area contributed by atoms with Crippen LogP contribution in [0.5, 0.6) is 0 Å². The number of ether oxygens (including phenoxy) is 1. The van der Waals surface area contributed by atoms with E-state index in [-0.39, 0.29) is 17.6 Å². The van der Waals surface area contributed by atoms with Gasteiger partial charge in [0, 0.05) is 19.6 Å². The molecule has 1 unspecified atom stereocenters. The second-order valence-electron chi connectivity index (χ2n) is 5.15. The quantitative estimate of drug-likeness (QED) is 0.692. The second-order valence-corrected chi connectivity index (χ2v) is 5.15. The molecule has 1 atom stereocenters. The van der Waals surface area contributed by atoms with Crippen molar-refractivity contribution in [2.24, 2.45) is 0 Å². The highest BCUT2D eigenvalue weighted by Gasteiger charge is 2.17. The summed E-state index contributed by atoms with van der Waals surface area (Å²) < 4.78 is 5.59. The van der Waals surface area contributed by atoms with Gasteiger partial charge in [0.2, 0.25) is 5.91 Å². The highest BCUT2D eigenvalue weighted by atomic mass is 16.5. The van der Waals surface area contributed by atoms with E-state index in [0.717, 1.165) is 13.1 Å². The zero-order chi connectivity index (χ0) is 13.5. The van der Waals surface area contributed by atoms with Crippen LogP contribution in [0.25, 0.3) is 0 Å². The summed E-state index contributed by atoms with van der Waals surface area (Å²) in [5.41, 5.74) is -0.117. The lowest BCUT2D eigenvalue weighted by molar-refractivity contribution is -0.132. The normalized spacial score (nSPS) is 13.5. The first-order valence-corrected chi connectivity index (χ1v) is 6.48. The van der Waals surface area contributed by atoms with Gasteiger partial charge in [-0.25, -0.2) is 0 Å². The van der Waals surface area contributed by atoms with Crippen molar-refractivity contribution in [2.75, 3.05) is 26.2 Å². The number of hydrogen-bond acceptors (Lipinski definition) is 3. The summed E-state index contributed by atoms with van der Waals surface area (Å²) in [5.74, 6) is 0.158. The maximum atomic E-state index is 11.9. The Morgan fingerprint density at radius 3 is 2.24 bits per heavy atom. The van der Waals surface area contributed by atoms with Gasteiger partial charge in [-0.2, -0.15) is 0 Å². The van der Waals surface area contributed by atoms with Gasteiger partial charge >= 0.3 is 0 Å². The summed E-state index contributed by atoms with van der Waals surface area (Å²) in [6.07, 6.45) is 0. The van der Waals surface area contributed by atoms with Gasteiger partial charge in [0.25, 0.3) is 0 Å². The Bertz CT molecular complexity index is 220. The first-order chi connectivity index (χ1) is 7.81.